The van der Waals surface area contributed by atoms with Crippen molar-refractivity contribution in [2.24, 2.45) is 34.5 Å². The van der Waals surface area contributed by atoms with E-state index < -0.39 is 0 Å². The van der Waals surface area contributed by atoms with Crippen molar-refractivity contribution in [1.29, 1.82) is 0 Å². The molecule has 0 saturated heterocycles. The molecule has 6 saturated carbocycles. The Balaban J connectivity index is 0.982. The molecular weight excluding hydrogens is 835 g/mol. The van der Waals surface area contributed by atoms with Crippen LogP contribution in [0.3, 0.4) is 0 Å². The number of hydrogen-bond acceptors (Lipinski definition) is 2. The Labute approximate surface area is 404 Å². The Morgan fingerprint density at radius 1 is 0.420 bits per heavy atom. The van der Waals surface area contributed by atoms with Gasteiger partial charge in [-0.2, -0.15) is 0 Å². The number of rotatable bonds is 2. The van der Waals surface area contributed by atoms with Gasteiger partial charge in [0.25, 0.3) is 0 Å². The third kappa shape index (κ3) is 3.91. The number of pyridine rings is 2. The van der Waals surface area contributed by atoms with E-state index in [0.29, 0.717) is 34.5 Å². The lowest BCUT2D eigenvalue weighted by Gasteiger charge is -2.48. The monoisotopic (exact) mass is 891 g/mol. The average molecular weight is 892 g/mol. The quantitative estimate of drug-likeness (QED) is 0.173. The second kappa shape index (κ2) is 11.4. The summed E-state index contributed by atoms with van der Waals surface area (Å²) in [5.41, 5.74) is 28.1. The Kier molecular flexibility index (Phi) is 6.11. The zero-order chi connectivity index (χ0) is 45.0. The van der Waals surface area contributed by atoms with E-state index in [-0.39, 0.29) is 10.8 Å². The molecule has 0 radical (unpaired) electrons. The minimum Gasteiger partial charge on any atom is -0.305 e. The van der Waals surface area contributed by atoms with E-state index in [0.717, 1.165) is 23.7 Å². The number of nitrogens with zero attached hydrogens (tertiary/aromatic N) is 3. The van der Waals surface area contributed by atoms with Gasteiger partial charge in [0.05, 0.1) is 28.9 Å². The Bertz CT molecular complexity index is 3710. The van der Waals surface area contributed by atoms with Crippen molar-refractivity contribution in [3.05, 3.63) is 148 Å². The van der Waals surface area contributed by atoms with Gasteiger partial charge in [-0.05, 0) is 207 Å². The van der Waals surface area contributed by atoms with E-state index in [1.54, 1.807) is 11.1 Å². The number of hydrogen-bond donors (Lipinski definition) is 0. The molecule has 4 aromatic heterocycles. The van der Waals surface area contributed by atoms with Gasteiger partial charge in [0, 0.05) is 55.6 Å². The van der Waals surface area contributed by atoms with Crippen LogP contribution >= 0.6 is 0 Å². The lowest BCUT2D eigenvalue weighted by atomic mass is 9.56. The fraction of sp³-hybridized carbons (Fsp3) is 0.394. The lowest BCUT2D eigenvalue weighted by Crippen LogP contribution is -2.41. The highest BCUT2D eigenvalue weighted by Crippen LogP contribution is 2.78. The topological polar surface area (TPSA) is 30.2 Å². The molecule has 6 bridgehead atoms. The molecule has 9 aromatic rings. The average Bonchev–Trinajstić information content (AvgIpc) is 4.21. The summed E-state index contributed by atoms with van der Waals surface area (Å²) in [6, 6.07) is 36.3. The number of fused-ring (bicyclic) bond motifs is 24. The smallest absolute Gasteiger partial charge is 0.0728 e. The third-order valence-electron chi connectivity index (χ3n) is 23.3. The molecule has 5 aromatic carbocycles. The van der Waals surface area contributed by atoms with E-state index in [9.17, 15) is 0 Å². The van der Waals surface area contributed by atoms with E-state index >= 15 is 0 Å². The molecule has 10 aliphatic carbocycles. The van der Waals surface area contributed by atoms with Crippen LogP contribution in [0.25, 0.3) is 82.6 Å². The first kappa shape index (κ1) is 37.1. The molecule has 2 spiro atoms. The summed E-state index contributed by atoms with van der Waals surface area (Å²) in [5, 5.41) is 6.03. The van der Waals surface area contributed by atoms with E-state index in [1.165, 1.54) is 180 Å². The van der Waals surface area contributed by atoms with Gasteiger partial charge in [-0.1, -0.05) is 100 Å². The van der Waals surface area contributed by atoms with Crippen LogP contribution in [0.2, 0.25) is 0 Å². The predicted octanol–water partition coefficient (Wildman–Crippen LogP) is 16.4. The molecule has 336 valence electrons. The first-order valence-electron chi connectivity index (χ1n) is 27.2. The summed E-state index contributed by atoms with van der Waals surface area (Å²) in [6.45, 7) is 9.82. The van der Waals surface area contributed by atoms with Crippen molar-refractivity contribution in [1.82, 2.24) is 14.4 Å². The van der Waals surface area contributed by atoms with E-state index in [2.05, 4.69) is 135 Å². The maximum absolute atomic E-state index is 5.75. The summed E-state index contributed by atoms with van der Waals surface area (Å²) in [5.74, 6) is 5.98. The van der Waals surface area contributed by atoms with Crippen LogP contribution in [0.15, 0.2) is 103 Å². The number of benzene rings is 5. The van der Waals surface area contributed by atoms with Crippen LogP contribution in [-0.2, 0) is 10.8 Å². The standard InChI is InChI=1S/C66H57N3/c1-63(2)48-11-7-5-9-42(48)44-15-13-32(21-50(44)63)46-25-47(33-14-16-45-43-10-6-8-12-49(43)64(3,4)51(45)22-33)57-59-53(31-68-61-37-20-41-24-39-18-35(55(59)61)27-66(39,41)29-37)69-52-30-67-60-36-19-40-23-38-17-34(26-65(38,40)28-36)54(60)58(52)56(46)62(57)69/h5-16,21-22,25,30-31,34-41H,17-20,23-24,26-29H2,1-4H3. The fourth-order valence-electron chi connectivity index (χ4n) is 20.6. The summed E-state index contributed by atoms with van der Waals surface area (Å²) in [6.07, 6.45) is 18.5. The lowest BCUT2D eigenvalue weighted by molar-refractivity contribution is 0.00321. The highest BCUT2D eigenvalue weighted by atomic mass is 15.0. The first-order chi connectivity index (χ1) is 33.6. The van der Waals surface area contributed by atoms with Crippen molar-refractivity contribution in [3.63, 3.8) is 0 Å². The summed E-state index contributed by atoms with van der Waals surface area (Å²) < 4.78 is 2.75. The molecular formula is C66H57N3. The highest BCUT2D eigenvalue weighted by Gasteiger charge is 2.67. The fourth-order valence-corrected chi connectivity index (χ4v) is 20.6. The van der Waals surface area contributed by atoms with Crippen LogP contribution in [0, 0.1) is 34.5 Å². The minimum absolute atomic E-state index is 0.0936. The molecule has 10 aliphatic rings. The maximum Gasteiger partial charge on any atom is 0.0728 e. The van der Waals surface area contributed by atoms with E-state index in [1.807, 2.05) is 0 Å². The van der Waals surface area contributed by atoms with Gasteiger partial charge >= 0.3 is 0 Å². The largest absolute Gasteiger partial charge is 0.305 e. The summed E-state index contributed by atoms with van der Waals surface area (Å²) >= 11 is 0. The molecule has 0 aliphatic heterocycles. The van der Waals surface area contributed by atoms with Crippen LogP contribution in [0.5, 0.6) is 0 Å². The molecule has 3 nitrogen and oxygen atoms in total. The van der Waals surface area contributed by atoms with Gasteiger partial charge < -0.3 is 4.40 Å². The van der Waals surface area contributed by atoms with Crippen LogP contribution < -0.4 is 0 Å². The highest BCUT2D eigenvalue weighted by molar-refractivity contribution is 6.31. The molecule has 3 heteroatoms. The Hall–Kier alpha value is -5.80. The van der Waals surface area contributed by atoms with Gasteiger partial charge in [-0.3, -0.25) is 9.97 Å². The van der Waals surface area contributed by atoms with Gasteiger partial charge in [-0.15, -0.1) is 0 Å². The second-order valence-electron chi connectivity index (χ2n) is 26.2. The van der Waals surface area contributed by atoms with Gasteiger partial charge in [0.1, 0.15) is 0 Å². The third-order valence-corrected chi connectivity index (χ3v) is 23.3. The summed E-state index contributed by atoms with van der Waals surface area (Å²) in [7, 11) is 0. The zero-order valence-electron chi connectivity index (χ0n) is 40.3. The summed E-state index contributed by atoms with van der Waals surface area (Å²) in [4.78, 5) is 11.5. The van der Waals surface area contributed by atoms with Crippen molar-refractivity contribution in [2.45, 2.75) is 126 Å². The van der Waals surface area contributed by atoms with Gasteiger partial charge in [0.15, 0.2) is 0 Å². The molecule has 6 fully saturated rings. The maximum atomic E-state index is 5.75. The molecule has 0 N–H and O–H groups in total. The second-order valence-corrected chi connectivity index (χ2v) is 26.2. The minimum atomic E-state index is -0.0936. The van der Waals surface area contributed by atoms with Gasteiger partial charge in [0.2, 0.25) is 0 Å². The first-order valence-corrected chi connectivity index (χ1v) is 27.2. The molecule has 10 atom stereocenters. The van der Waals surface area contributed by atoms with Crippen molar-refractivity contribution in [3.8, 4) is 44.5 Å². The van der Waals surface area contributed by atoms with E-state index in [4.69, 9.17) is 9.97 Å². The van der Waals surface area contributed by atoms with Gasteiger partial charge in [-0.25, -0.2) is 0 Å². The molecule has 0 amide bonds. The van der Waals surface area contributed by atoms with Crippen molar-refractivity contribution >= 4 is 38.1 Å². The molecule has 4 heterocycles. The SMILES string of the molecule is CC1(C)c2ccccc2-c2ccc(-c3cc(-c4ccc5c(c4)C(C)(C)c4ccccc4-5)c4c5c6c(ncc5n5c7cnc8c(c7c3c45)C3CC4CC5CC8CC54C3)C3CC4CC5CC6CC45C3)cc21. The van der Waals surface area contributed by atoms with Crippen LogP contribution in [-0.4, -0.2) is 14.4 Å². The predicted molar refractivity (Wildman–Crippen MR) is 279 cm³/mol. The van der Waals surface area contributed by atoms with Crippen molar-refractivity contribution in [2.75, 3.05) is 0 Å². The molecule has 10 unspecified atom stereocenters. The van der Waals surface area contributed by atoms with Crippen LogP contribution in [0.1, 0.15) is 160 Å². The normalized spacial score (nSPS) is 33.0. The van der Waals surface area contributed by atoms with Crippen LogP contribution in [0.4, 0.5) is 0 Å². The zero-order valence-corrected chi connectivity index (χ0v) is 40.3. The molecule has 69 heavy (non-hydrogen) atoms. The Morgan fingerprint density at radius 3 is 1.32 bits per heavy atom. The van der Waals surface area contributed by atoms with Crippen molar-refractivity contribution < 1.29 is 0 Å². The number of aromatic nitrogens is 3. The molecule has 19 rings (SSSR count). The Morgan fingerprint density at radius 2 is 0.841 bits per heavy atom.